The first-order chi connectivity index (χ1) is 12.9. The number of rotatable bonds is 4. The number of halogens is 2. The lowest BCUT2D eigenvalue weighted by Gasteiger charge is -2.14. The summed E-state index contributed by atoms with van der Waals surface area (Å²) in [6.45, 7) is 6.04. The van der Waals surface area contributed by atoms with Crippen LogP contribution >= 0.6 is 27.5 Å². The van der Waals surface area contributed by atoms with Gasteiger partial charge in [0, 0.05) is 27.0 Å². The van der Waals surface area contributed by atoms with E-state index in [0.717, 1.165) is 38.1 Å². The molecule has 27 heavy (non-hydrogen) atoms. The van der Waals surface area contributed by atoms with Gasteiger partial charge in [0.2, 0.25) is 0 Å². The van der Waals surface area contributed by atoms with Crippen molar-refractivity contribution in [2.75, 3.05) is 5.32 Å². The Bertz CT molecular complexity index is 1030. The molecule has 0 saturated heterocycles. The van der Waals surface area contributed by atoms with E-state index in [9.17, 15) is 5.21 Å². The molecule has 5 heteroatoms. The molecule has 0 aliphatic carbocycles. The van der Waals surface area contributed by atoms with Gasteiger partial charge in [0.05, 0.1) is 5.02 Å². The van der Waals surface area contributed by atoms with E-state index in [2.05, 4.69) is 32.5 Å². The highest BCUT2D eigenvalue weighted by Crippen LogP contribution is 2.29. The smallest absolute Gasteiger partial charge is 0.118 e. The highest BCUT2D eigenvalue weighted by molar-refractivity contribution is 9.10. The van der Waals surface area contributed by atoms with Crippen molar-refractivity contribution >= 4 is 44.6 Å². The third-order valence-corrected chi connectivity index (χ3v) is 5.25. The van der Waals surface area contributed by atoms with Crippen molar-refractivity contribution in [2.45, 2.75) is 20.8 Å². The molecule has 0 atom stereocenters. The van der Waals surface area contributed by atoms with E-state index >= 15 is 0 Å². The Morgan fingerprint density at radius 1 is 0.926 bits per heavy atom. The molecule has 0 bridgehead atoms. The van der Waals surface area contributed by atoms with Crippen LogP contribution in [0.4, 0.5) is 11.4 Å². The van der Waals surface area contributed by atoms with Gasteiger partial charge in [0.15, 0.2) is 0 Å². The molecule has 0 radical (unpaired) electrons. The van der Waals surface area contributed by atoms with E-state index in [1.165, 1.54) is 0 Å². The molecule has 0 aromatic heterocycles. The zero-order valence-corrected chi connectivity index (χ0v) is 17.7. The third-order valence-electron chi connectivity index (χ3n) is 4.44. The maximum atomic E-state index is 9.65. The molecule has 3 aromatic rings. The summed E-state index contributed by atoms with van der Waals surface area (Å²) in [6, 6.07) is 17.7. The van der Waals surface area contributed by atoms with Gasteiger partial charge in [-0.15, -0.1) is 0 Å². The number of oxime groups is 1. The monoisotopic (exact) mass is 442 g/mol. The van der Waals surface area contributed by atoms with Crippen LogP contribution in [0.3, 0.4) is 0 Å². The average molecular weight is 444 g/mol. The molecule has 3 nitrogen and oxygen atoms in total. The van der Waals surface area contributed by atoms with Gasteiger partial charge in [-0.3, -0.25) is 0 Å². The average Bonchev–Trinajstić information content (AvgIpc) is 2.62. The summed E-state index contributed by atoms with van der Waals surface area (Å²) < 4.78 is 1.04. The number of hydrogen-bond donors (Lipinski definition) is 2. The molecule has 3 aromatic carbocycles. The van der Waals surface area contributed by atoms with Gasteiger partial charge in [-0.1, -0.05) is 50.4 Å². The molecule has 3 rings (SSSR count). The van der Waals surface area contributed by atoms with E-state index in [1.807, 2.05) is 69.3 Å². The molecular formula is C22H20BrClN2O. The van der Waals surface area contributed by atoms with Crippen LogP contribution in [0.25, 0.3) is 0 Å². The minimum Gasteiger partial charge on any atom is -0.410 e. The van der Waals surface area contributed by atoms with E-state index in [0.29, 0.717) is 16.3 Å². The fraction of sp³-hybridized carbons (Fsp3) is 0.136. The SMILES string of the molecule is Cc1ccc(C)c(C(=NO)c2ccc(Nc3ccc(Br)cc3C)cc2Cl)c1. The van der Waals surface area contributed by atoms with Gasteiger partial charge in [-0.05, 0) is 74.4 Å². The van der Waals surface area contributed by atoms with Gasteiger partial charge in [-0.2, -0.15) is 0 Å². The lowest BCUT2D eigenvalue weighted by molar-refractivity contribution is 0.319. The van der Waals surface area contributed by atoms with Crippen molar-refractivity contribution in [1.29, 1.82) is 0 Å². The first kappa shape index (κ1) is 19.5. The minimum absolute atomic E-state index is 0.465. The fourth-order valence-corrected chi connectivity index (χ4v) is 3.70. The van der Waals surface area contributed by atoms with Crippen LogP contribution < -0.4 is 5.32 Å². The molecule has 2 N–H and O–H groups in total. The van der Waals surface area contributed by atoms with Crippen LogP contribution in [0.2, 0.25) is 5.02 Å². The summed E-state index contributed by atoms with van der Waals surface area (Å²) in [5.74, 6) is 0. The van der Waals surface area contributed by atoms with Crippen LogP contribution in [0.15, 0.2) is 64.2 Å². The van der Waals surface area contributed by atoms with E-state index < -0.39 is 0 Å². The second-order valence-electron chi connectivity index (χ2n) is 6.55. The third kappa shape index (κ3) is 4.34. The normalized spacial score (nSPS) is 11.5. The lowest BCUT2D eigenvalue weighted by atomic mass is 9.96. The Morgan fingerprint density at radius 2 is 1.70 bits per heavy atom. The fourth-order valence-electron chi connectivity index (χ4n) is 2.95. The first-order valence-corrected chi connectivity index (χ1v) is 9.69. The minimum atomic E-state index is 0.465. The van der Waals surface area contributed by atoms with Crippen molar-refractivity contribution in [3.63, 3.8) is 0 Å². The highest BCUT2D eigenvalue weighted by atomic mass is 79.9. The van der Waals surface area contributed by atoms with Crippen molar-refractivity contribution in [3.05, 3.63) is 91.9 Å². The van der Waals surface area contributed by atoms with Crippen molar-refractivity contribution < 1.29 is 5.21 Å². The van der Waals surface area contributed by atoms with Gasteiger partial charge >= 0.3 is 0 Å². The van der Waals surface area contributed by atoms with Crippen LogP contribution in [0, 0.1) is 20.8 Å². The lowest BCUT2D eigenvalue weighted by Crippen LogP contribution is -2.07. The summed E-state index contributed by atoms with van der Waals surface area (Å²) >= 11 is 10.0. The van der Waals surface area contributed by atoms with Crippen LogP contribution in [-0.2, 0) is 0 Å². The van der Waals surface area contributed by atoms with Gasteiger partial charge in [0.25, 0.3) is 0 Å². The Labute approximate surface area is 172 Å². The van der Waals surface area contributed by atoms with Crippen LogP contribution in [-0.4, -0.2) is 10.9 Å². The Morgan fingerprint density at radius 3 is 2.37 bits per heavy atom. The maximum absolute atomic E-state index is 9.65. The molecule has 0 aliphatic rings. The Balaban J connectivity index is 1.95. The molecule has 0 aliphatic heterocycles. The highest BCUT2D eigenvalue weighted by Gasteiger charge is 2.15. The standard InChI is InChI=1S/C22H20BrClN2O/c1-13-4-5-14(2)19(10-13)22(26-27)18-8-7-17(12-20(18)24)25-21-9-6-16(23)11-15(21)3/h4-12,25,27H,1-3H3. The van der Waals surface area contributed by atoms with Gasteiger partial charge < -0.3 is 10.5 Å². The van der Waals surface area contributed by atoms with Gasteiger partial charge in [0.1, 0.15) is 5.71 Å². The second kappa shape index (κ2) is 8.15. The second-order valence-corrected chi connectivity index (χ2v) is 7.87. The number of aryl methyl sites for hydroxylation is 3. The summed E-state index contributed by atoms with van der Waals surface area (Å²) in [6.07, 6.45) is 0. The number of anilines is 2. The largest absolute Gasteiger partial charge is 0.410 e. The van der Waals surface area contributed by atoms with Crippen molar-refractivity contribution in [1.82, 2.24) is 0 Å². The van der Waals surface area contributed by atoms with E-state index in [-0.39, 0.29) is 0 Å². The predicted molar refractivity (Wildman–Crippen MR) is 117 cm³/mol. The summed E-state index contributed by atoms with van der Waals surface area (Å²) in [7, 11) is 0. The topological polar surface area (TPSA) is 44.6 Å². The molecule has 0 heterocycles. The molecule has 0 spiro atoms. The van der Waals surface area contributed by atoms with Crippen LogP contribution in [0.5, 0.6) is 0 Å². The molecule has 0 saturated carbocycles. The first-order valence-electron chi connectivity index (χ1n) is 8.52. The van der Waals surface area contributed by atoms with Crippen LogP contribution in [0.1, 0.15) is 27.8 Å². The summed E-state index contributed by atoms with van der Waals surface area (Å²) in [4.78, 5) is 0. The Hall–Kier alpha value is -2.30. The van der Waals surface area contributed by atoms with Gasteiger partial charge in [-0.25, -0.2) is 0 Å². The number of hydrogen-bond acceptors (Lipinski definition) is 3. The zero-order valence-electron chi connectivity index (χ0n) is 15.3. The van der Waals surface area contributed by atoms with Crippen molar-refractivity contribution in [2.24, 2.45) is 5.16 Å². The number of nitrogens with zero attached hydrogens (tertiary/aromatic N) is 1. The maximum Gasteiger partial charge on any atom is 0.118 e. The Kier molecular flexibility index (Phi) is 5.88. The summed E-state index contributed by atoms with van der Waals surface area (Å²) in [5, 5.41) is 17.1. The van der Waals surface area contributed by atoms with E-state index in [1.54, 1.807) is 0 Å². The van der Waals surface area contributed by atoms with Crippen molar-refractivity contribution in [3.8, 4) is 0 Å². The molecule has 138 valence electrons. The number of benzene rings is 3. The summed E-state index contributed by atoms with van der Waals surface area (Å²) in [5.41, 5.74) is 7.13. The molecule has 0 unspecified atom stereocenters. The molecule has 0 fully saturated rings. The molecule has 0 amide bonds. The van der Waals surface area contributed by atoms with E-state index in [4.69, 9.17) is 11.6 Å². The molecular weight excluding hydrogens is 424 g/mol. The predicted octanol–water partition coefficient (Wildman–Crippen LogP) is 7.00. The quantitative estimate of drug-likeness (QED) is 0.259. The zero-order chi connectivity index (χ0) is 19.6. The number of nitrogens with one attached hydrogen (secondary N) is 1.